The molecule has 1 heterocycles. The van der Waals surface area contributed by atoms with Crippen molar-refractivity contribution < 1.29 is 13.2 Å². The van der Waals surface area contributed by atoms with E-state index < -0.39 is 9.84 Å². The molecule has 1 atom stereocenters. The van der Waals surface area contributed by atoms with Gasteiger partial charge in [-0.2, -0.15) is 0 Å². The highest BCUT2D eigenvalue weighted by Gasteiger charge is 2.24. The zero-order valence-corrected chi connectivity index (χ0v) is 12.3. The molecule has 0 radical (unpaired) electrons. The van der Waals surface area contributed by atoms with Crippen molar-refractivity contribution in [1.82, 2.24) is 10.2 Å². The predicted octanol–water partition coefficient (Wildman–Crippen LogP) is 0.268. The molecule has 18 heavy (non-hydrogen) atoms. The lowest BCUT2D eigenvalue weighted by atomic mass is 9.98. The maximum absolute atomic E-state index is 12.0. The first-order valence-electron chi connectivity index (χ1n) is 6.47. The minimum absolute atomic E-state index is 0.0428. The van der Waals surface area contributed by atoms with Crippen molar-refractivity contribution in [3.05, 3.63) is 0 Å². The Balaban J connectivity index is 2.61. The topological polar surface area (TPSA) is 66.5 Å². The standard InChI is InChI=1S/C12H24N2O3S/c1-10(2)14(12(15)9-18(3,16)17)8-11-5-4-6-13-7-11/h10-11,13H,4-9H2,1-3H3. The van der Waals surface area contributed by atoms with E-state index in [0.717, 1.165) is 32.2 Å². The van der Waals surface area contributed by atoms with E-state index in [-0.39, 0.29) is 17.7 Å². The second-order valence-electron chi connectivity index (χ2n) is 5.42. The van der Waals surface area contributed by atoms with Gasteiger partial charge in [-0.05, 0) is 45.7 Å². The quantitative estimate of drug-likeness (QED) is 0.782. The fraction of sp³-hybridized carbons (Fsp3) is 0.917. The Kier molecular flexibility index (Phi) is 5.59. The summed E-state index contributed by atoms with van der Waals surface area (Å²) in [7, 11) is -3.25. The van der Waals surface area contributed by atoms with Crippen LogP contribution in [0.5, 0.6) is 0 Å². The lowest BCUT2D eigenvalue weighted by molar-refractivity contribution is -0.130. The average molecular weight is 276 g/mol. The molecule has 1 saturated heterocycles. The summed E-state index contributed by atoms with van der Waals surface area (Å²) in [6.45, 7) is 6.46. The maximum Gasteiger partial charge on any atom is 0.237 e. The lowest BCUT2D eigenvalue weighted by Crippen LogP contribution is -2.46. The third kappa shape index (κ3) is 5.35. The number of sulfone groups is 1. The van der Waals surface area contributed by atoms with E-state index in [2.05, 4.69) is 5.32 Å². The summed E-state index contributed by atoms with van der Waals surface area (Å²) in [5.74, 6) is -0.228. The average Bonchev–Trinajstić information content (AvgIpc) is 2.24. The van der Waals surface area contributed by atoms with E-state index in [0.29, 0.717) is 12.5 Å². The molecular weight excluding hydrogens is 252 g/mol. The molecule has 0 aromatic heterocycles. The van der Waals surface area contributed by atoms with Gasteiger partial charge in [0, 0.05) is 18.8 Å². The normalized spacial score (nSPS) is 21.0. The molecule has 0 spiro atoms. The summed E-state index contributed by atoms with van der Waals surface area (Å²) < 4.78 is 22.4. The Labute approximate surface area is 110 Å². The maximum atomic E-state index is 12.0. The van der Waals surface area contributed by atoms with Crippen LogP contribution in [0.3, 0.4) is 0 Å². The molecule has 0 bridgehead atoms. The summed E-state index contributed by atoms with van der Waals surface area (Å²) in [6.07, 6.45) is 3.32. The van der Waals surface area contributed by atoms with E-state index in [1.807, 2.05) is 13.8 Å². The number of amides is 1. The Morgan fingerprint density at radius 2 is 2.11 bits per heavy atom. The third-order valence-corrected chi connectivity index (χ3v) is 3.95. The highest BCUT2D eigenvalue weighted by molar-refractivity contribution is 7.91. The zero-order valence-electron chi connectivity index (χ0n) is 11.5. The van der Waals surface area contributed by atoms with Crippen molar-refractivity contribution in [3.63, 3.8) is 0 Å². The van der Waals surface area contributed by atoms with E-state index >= 15 is 0 Å². The van der Waals surface area contributed by atoms with Gasteiger partial charge in [0.25, 0.3) is 0 Å². The molecule has 1 rings (SSSR count). The van der Waals surface area contributed by atoms with Crippen LogP contribution in [-0.4, -0.2) is 56.9 Å². The molecule has 5 nitrogen and oxygen atoms in total. The summed E-state index contributed by atoms with van der Waals surface area (Å²) in [5.41, 5.74) is 0. The van der Waals surface area contributed by atoms with Gasteiger partial charge in [-0.25, -0.2) is 8.42 Å². The van der Waals surface area contributed by atoms with Gasteiger partial charge >= 0.3 is 0 Å². The van der Waals surface area contributed by atoms with Crippen molar-refractivity contribution in [2.45, 2.75) is 32.7 Å². The Morgan fingerprint density at radius 1 is 1.44 bits per heavy atom. The predicted molar refractivity (Wildman–Crippen MR) is 72.2 cm³/mol. The molecule has 6 heteroatoms. The van der Waals surface area contributed by atoms with Crippen molar-refractivity contribution >= 4 is 15.7 Å². The SMILES string of the molecule is CC(C)N(CC1CCCNC1)C(=O)CS(C)(=O)=O. The van der Waals surface area contributed by atoms with Crippen LogP contribution in [0.4, 0.5) is 0 Å². The fourth-order valence-corrected chi connectivity index (χ4v) is 2.88. The van der Waals surface area contributed by atoms with Crippen LogP contribution < -0.4 is 5.32 Å². The molecule has 1 fully saturated rings. The van der Waals surface area contributed by atoms with Gasteiger partial charge in [0.2, 0.25) is 5.91 Å². The summed E-state index contributed by atoms with van der Waals surface area (Å²) >= 11 is 0. The first kappa shape index (κ1) is 15.4. The van der Waals surface area contributed by atoms with Crippen molar-refractivity contribution in [2.24, 2.45) is 5.92 Å². The number of carbonyl (C=O) groups is 1. The smallest absolute Gasteiger partial charge is 0.237 e. The van der Waals surface area contributed by atoms with Crippen LogP contribution in [0.1, 0.15) is 26.7 Å². The van der Waals surface area contributed by atoms with Gasteiger partial charge in [0.05, 0.1) is 0 Å². The van der Waals surface area contributed by atoms with Crippen LogP contribution in [0.15, 0.2) is 0 Å². The highest BCUT2D eigenvalue weighted by atomic mass is 32.2. The minimum atomic E-state index is -3.25. The summed E-state index contributed by atoms with van der Waals surface area (Å²) in [4.78, 5) is 13.7. The van der Waals surface area contributed by atoms with Crippen LogP contribution in [-0.2, 0) is 14.6 Å². The zero-order chi connectivity index (χ0) is 13.8. The van der Waals surface area contributed by atoms with Crippen LogP contribution in [0.25, 0.3) is 0 Å². The molecule has 1 unspecified atom stereocenters. The largest absolute Gasteiger partial charge is 0.339 e. The lowest BCUT2D eigenvalue weighted by Gasteiger charge is -2.32. The van der Waals surface area contributed by atoms with Gasteiger partial charge in [-0.3, -0.25) is 4.79 Å². The van der Waals surface area contributed by atoms with Gasteiger partial charge in [0.15, 0.2) is 9.84 Å². The number of nitrogens with one attached hydrogen (secondary N) is 1. The van der Waals surface area contributed by atoms with E-state index in [1.165, 1.54) is 0 Å². The fourth-order valence-electron chi connectivity index (χ4n) is 2.27. The van der Waals surface area contributed by atoms with Gasteiger partial charge in [0.1, 0.15) is 5.75 Å². The highest BCUT2D eigenvalue weighted by Crippen LogP contribution is 2.14. The molecule has 0 aromatic carbocycles. The minimum Gasteiger partial charge on any atom is -0.339 e. The van der Waals surface area contributed by atoms with Crippen molar-refractivity contribution in [3.8, 4) is 0 Å². The number of carbonyl (C=O) groups excluding carboxylic acids is 1. The number of hydrogen-bond donors (Lipinski definition) is 1. The number of rotatable bonds is 5. The Bertz CT molecular complexity index is 373. The second kappa shape index (κ2) is 6.52. The van der Waals surface area contributed by atoms with E-state index in [4.69, 9.17) is 0 Å². The number of nitrogens with zero attached hydrogens (tertiary/aromatic N) is 1. The number of hydrogen-bond acceptors (Lipinski definition) is 4. The first-order valence-corrected chi connectivity index (χ1v) is 8.53. The first-order chi connectivity index (χ1) is 8.29. The molecule has 1 N–H and O–H groups in total. The second-order valence-corrected chi connectivity index (χ2v) is 7.56. The van der Waals surface area contributed by atoms with Gasteiger partial charge < -0.3 is 10.2 Å². The van der Waals surface area contributed by atoms with Crippen LogP contribution in [0.2, 0.25) is 0 Å². The summed E-state index contributed by atoms with van der Waals surface area (Å²) in [6, 6.07) is 0.0428. The third-order valence-electron chi connectivity index (χ3n) is 3.18. The molecule has 1 aliphatic rings. The molecule has 0 aromatic rings. The molecule has 106 valence electrons. The van der Waals surface area contributed by atoms with E-state index in [1.54, 1.807) is 4.90 Å². The molecular formula is C12H24N2O3S. The Hall–Kier alpha value is -0.620. The van der Waals surface area contributed by atoms with Crippen molar-refractivity contribution in [2.75, 3.05) is 31.6 Å². The molecule has 1 aliphatic heterocycles. The van der Waals surface area contributed by atoms with Gasteiger partial charge in [-0.15, -0.1) is 0 Å². The van der Waals surface area contributed by atoms with Crippen LogP contribution >= 0.6 is 0 Å². The van der Waals surface area contributed by atoms with Crippen molar-refractivity contribution in [1.29, 1.82) is 0 Å². The molecule has 0 aliphatic carbocycles. The molecule has 1 amide bonds. The van der Waals surface area contributed by atoms with Crippen LogP contribution in [0, 0.1) is 5.92 Å². The van der Waals surface area contributed by atoms with E-state index in [9.17, 15) is 13.2 Å². The molecule has 0 saturated carbocycles. The van der Waals surface area contributed by atoms with Gasteiger partial charge in [-0.1, -0.05) is 0 Å². The number of piperidine rings is 1. The monoisotopic (exact) mass is 276 g/mol. The summed E-state index contributed by atoms with van der Waals surface area (Å²) in [5, 5.41) is 3.31. The Morgan fingerprint density at radius 3 is 2.56 bits per heavy atom.